The van der Waals surface area contributed by atoms with Gasteiger partial charge in [-0.2, -0.15) is 10.1 Å². The highest BCUT2D eigenvalue weighted by atomic mass is 35.5. The lowest BCUT2D eigenvalue weighted by molar-refractivity contribution is 0.0949. The van der Waals surface area contributed by atoms with Crippen LogP contribution in [0.25, 0.3) is 0 Å². The van der Waals surface area contributed by atoms with E-state index in [1.54, 1.807) is 6.92 Å². The summed E-state index contributed by atoms with van der Waals surface area (Å²) in [5, 5.41) is 4.24. The van der Waals surface area contributed by atoms with Gasteiger partial charge in [0.25, 0.3) is 5.91 Å². The largest absolute Gasteiger partial charge is 0.494 e. The summed E-state index contributed by atoms with van der Waals surface area (Å²) in [5.41, 5.74) is 2.51. The summed E-state index contributed by atoms with van der Waals surface area (Å²) in [7, 11) is 2.85. The number of halogens is 2. The molecule has 0 atom stereocenters. The molecule has 0 saturated heterocycles. The smallest absolute Gasteiger partial charge is 0.345 e. The van der Waals surface area contributed by atoms with Crippen LogP contribution in [0.2, 0.25) is 10.0 Å². The molecule has 0 aliphatic carbocycles. The van der Waals surface area contributed by atoms with Crippen molar-refractivity contribution < 1.29 is 14.3 Å². The number of hydrazone groups is 1. The van der Waals surface area contributed by atoms with Crippen molar-refractivity contribution in [3.63, 3.8) is 0 Å². The van der Waals surface area contributed by atoms with Gasteiger partial charge in [0.15, 0.2) is 5.75 Å². The number of methoxy groups -OCH3 is 2. The van der Waals surface area contributed by atoms with Crippen LogP contribution in [-0.2, 0) is 0 Å². The number of H-pyrrole nitrogens is 1. The van der Waals surface area contributed by atoms with Crippen molar-refractivity contribution in [2.24, 2.45) is 5.10 Å². The summed E-state index contributed by atoms with van der Waals surface area (Å²) >= 11 is 12.2. The van der Waals surface area contributed by atoms with Crippen LogP contribution in [0.3, 0.4) is 0 Å². The van der Waals surface area contributed by atoms with Gasteiger partial charge in [0, 0.05) is 11.3 Å². The number of rotatable bonds is 5. The van der Waals surface area contributed by atoms with Crippen molar-refractivity contribution in [3.8, 4) is 11.5 Å². The second-order valence-electron chi connectivity index (χ2n) is 4.78. The first-order valence-corrected chi connectivity index (χ1v) is 7.64. The zero-order valence-electron chi connectivity index (χ0n) is 13.5. The summed E-state index contributed by atoms with van der Waals surface area (Å²) in [4.78, 5) is 29.3. The van der Waals surface area contributed by atoms with E-state index in [1.165, 1.54) is 32.6 Å². The SMILES string of the molecule is COc1c(Cl)cc(/C=N/NC(=O)c2cc(C)[nH]c(=O)n2)c(OC)c1Cl. The van der Waals surface area contributed by atoms with Crippen molar-refractivity contribution in [1.82, 2.24) is 15.4 Å². The van der Waals surface area contributed by atoms with E-state index in [0.29, 0.717) is 11.3 Å². The molecule has 1 aromatic heterocycles. The van der Waals surface area contributed by atoms with E-state index < -0.39 is 11.6 Å². The number of carbonyl (C=O) groups excluding carboxylic acids is 1. The Morgan fingerprint density at radius 2 is 1.96 bits per heavy atom. The first kappa shape index (κ1) is 18.8. The number of ether oxygens (including phenoxy) is 2. The minimum Gasteiger partial charge on any atom is -0.494 e. The number of hydrogen-bond acceptors (Lipinski definition) is 6. The summed E-state index contributed by atoms with van der Waals surface area (Å²) in [5.74, 6) is -0.0919. The highest BCUT2D eigenvalue weighted by Gasteiger charge is 2.16. The molecule has 0 radical (unpaired) electrons. The van der Waals surface area contributed by atoms with Crippen LogP contribution in [-0.4, -0.2) is 36.3 Å². The van der Waals surface area contributed by atoms with Crippen LogP contribution in [0.4, 0.5) is 0 Å². The maximum Gasteiger partial charge on any atom is 0.345 e. The second kappa shape index (κ2) is 8.00. The van der Waals surface area contributed by atoms with Gasteiger partial charge in [-0.3, -0.25) is 4.79 Å². The maximum absolute atomic E-state index is 12.0. The normalized spacial score (nSPS) is 10.8. The van der Waals surface area contributed by atoms with E-state index in [1.807, 2.05) is 0 Å². The second-order valence-corrected chi connectivity index (χ2v) is 5.57. The quantitative estimate of drug-likeness (QED) is 0.606. The molecule has 10 heteroatoms. The summed E-state index contributed by atoms with van der Waals surface area (Å²) in [6.45, 7) is 1.63. The van der Waals surface area contributed by atoms with Crippen LogP contribution >= 0.6 is 23.2 Å². The lowest BCUT2D eigenvalue weighted by atomic mass is 10.2. The highest BCUT2D eigenvalue weighted by Crippen LogP contribution is 2.41. The predicted molar refractivity (Wildman–Crippen MR) is 94.2 cm³/mol. The Labute approximate surface area is 152 Å². The molecular formula is C15H14Cl2N4O4. The molecule has 25 heavy (non-hydrogen) atoms. The van der Waals surface area contributed by atoms with E-state index in [9.17, 15) is 9.59 Å². The molecule has 1 aromatic carbocycles. The molecule has 2 aromatic rings. The molecule has 132 valence electrons. The fourth-order valence-corrected chi connectivity index (χ4v) is 2.71. The number of nitrogens with one attached hydrogen (secondary N) is 2. The minimum atomic E-state index is -0.643. The Balaban J connectivity index is 2.25. The van der Waals surface area contributed by atoms with Crippen LogP contribution in [0, 0.1) is 6.92 Å². The molecule has 2 rings (SSSR count). The Kier molecular flexibility index (Phi) is 6.00. The molecule has 0 aliphatic rings. The monoisotopic (exact) mass is 384 g/mol. The summed E-state index contributed by atoms with van der Waals surface area (Å²) in [6.07, 6.45) is 1.30. The van der Waals surface area contributed by atoms with Gasteiger partial charge in [0.2, 0.25) is 0 Å². The molecule has 0 fully saturated rings. The van der Waals surface area contributed by atoms with Gasteiger partial charge >= 0.3 is 5.69 Å². The average molecular weight is 385 g/mol. The third-order valence-corrected chi connectivity index (χ3v) is 3.67. The van der Waals surface area contributed by atoms with E-state index in [-0.39, 0.29) is 27.2 Å². The van der Waals surface area contributed by atoms with E-state index in [4.69, 9.17) is 32.7 Å². The van der Waals surface area contributed by atoms with Crippen molar-refractivity contribution in [2.75, 3.05) is 14.2 Å². The van der Waals surface area contributed by atoms with E-state index in [0.717, 1.165) is 0 Å². The van der Waals surface area contributed by atoms with Gasteiger partial charge in [-0.05, 0) is 19.1 Å². The lowest BCUT2D eigenvalue weighted by Crippen LogP contribution is -2.24. The summed E-state index contributed by atoms with van der Waals surface area (Å²) in [6, 6.07) is 2.95. The number of benzene rings is 1. The number of aromatic nitrogens is 2. The van der Waals surface area contributed by atoms with Crippen molar-refractivity contribution in [1.29, 1.82) is 0 Å². The van der Waals surface area contributed by atoms with Crippen molar-refractivity contribution >= 4 is 35.3 Å². The maximum atomic E-state index is 12.0. The van der Waals surface area contributed by atoms with E-state index in [2.05, 4.69) is 20.5 Å². The van der Waals surface area contributed by atoms with Crippen molar-refractivity contribution in [3.05, 3.63) is 49.6 Å². The molecule has 0 saturated carbocycles. The van der Waals surface area contributed by atoms with Crippen LogP contribution in [0.5, 0.6) is 11.5 Å². The van der Waals surface area contributed by atoms with Gasteiger partial charge in [0.05, 0.1) is 25.5 Å². The molecule has 8 nitrogen and oxygen atoms in total. The van der Waals surface area contributed by atoms with Gasteiger partial charge < -0.3 is 14.5 Å². The highest BCUT2D eigenvalue weighted by molar-refractivity contribution is 6.38. The molecule has 1 amide bonds. The van der Waals surface area contributed by atoms with Crippen molar-refractivity contribution in [2.45, 2.75) is 6.92 Å². The molecule has 0 aliphatic heterocycles. The topological polar surface area (TPSA) is 106 Å². The number of aromatic amines is 1. The summed E-state index contributed by atoms with van der Waals surface area (Å²) < 4.78 is 10.3. The number of aryl methyl sites for hydroxylation is 1. The molecule has 0 spiro atoms. The number of amides is 1. The molecule has 0 bridgehead atoms. The zero-order chi connectivity index (χ0) is 18.6. The average Bonchev–Trinajstić information content (AvgIpc) is 2.54. The Morgan fingerprint density at radius 3 is 2.56 bits per heavy atom. The predicted octanol–water partition coefficient (Wildman–Crippen LogP) is 2.17. The Morgan fingerprint density at radius 1 is 1.28 bits per heavy atom. The standard InChI is InChI=1S/C15H14Cl2N4O4/c1-7-4-10(20-15(23)19-7)14(22)21-18-6-8-5-9(16)13(25-3)11(17)12(8)24-2/h4-6H,1-3H3,(H,21,22)(H,19,20,23)/b18-6+. The van der Waals surface area contributed by atoms with Gasteiger partial charge in [-0.25, -0.2) is 10.2 Å². The third-order valence-electron chi connectivity index (χ3n) is 3.05. The first-order valence-electron chi connectivity index (χ1n) is 6.88. The number of nitrogens with zero attached hydrogens (tertiary/aromatic N) is 2. The van der Waals surface area contributed by atoms with Crippen LogP contribution in [0.1, 0.15) is 21.7 Å². The van der Waals surface area contributed by atoms with Gasteiger partial charge in [-0.15, -0.1) is 0 Å². The molecule has 1 heterocycles. The first-order chi connectivity index (χ1) is 11.9. The third kappa shape index (κ3) is 4.28. The molecule has 0 unspecified atom stereocenters. The van der Waals surface area contributed by atoms with E-state index >= 15 is 0 Å². The molecule has 2 N–H and O–H groups in total. The van der Waals surface area contributed by atoms with Gasteiger partial charge in [0.1, 0.15) is 16.5 Å². The zero-order valence-corrected chi connectivity index (χ0v) is 15.0. The Bertz CT molecular complexity index is 896. The van der Waals surface area contributed by atoms with Crippen LogP contribution < -0.4 is 20.6 Å². The Hall–Kier alpha value is -2.58. The fraction of sp³-hybridized carbons (Fsp3) is 0.200. The number of hydrogen-bond donors (Lipinski definition) is 2. The van der Waals surface area contributed by atoms with Crippen LogP contribution in [0.15, 0.2) is 22.0 Å². The fourth-order valence-electron chi connectivity index (χ4n) is 2.01. The number of carbonyl (C=O) groups is 1. The minimum absolute atomic E-state index is 0.0591. The van der Waals surface area contributed by atoms with Gasteiger partial charge in [-0.1, -0.05) is 23.2 Å². The lowest BCUT2D eigenvalue weighted by Gasteiger charge is -2.12. The molecular weight excluding hydrogens is 371 g/mol.